The van der Waals surface area contributed by atoms with Gasteiger partial charge in [0.15, 0.2) is 0 Å². The molecule has 0 heterocycles. The molecule has 0 aliphatic carbocycles. The zero-order chi connectivity index (χ0) is 10.5. The molecule has 3 nitrogen and oxygen atoms in total. The van der Waals surface area contributed by atoms with E-state index in [0.29, 0.717) is 0 Å². The molecule has 0 rings (SSSR count). The molecule has 0 aromatic heterocycles. The fourth-order valence-electron chi connectivity index (χ4n) is 2.03. The van der Waals surface area contributed by atoms with Crippen LogP contribution < -0.4 is 5.73 Å². The minimum absolute atomic E-state index is 0.193. The highest BCUT2D eigenvalue weighted by Gasteiger charge is 2.37. The van der Waals surface area contributed by atoms with Gasteiger partial charge in [-0.1, -0.05) is 27.7 Å². The maximum Gasteiger partial charge on any atom is 0.237 e. The number of hydrogen-bond acceptors (Lipinski definition) is 2. The van der Waals surface area contributed by atoms with Gasteiger partial charge in [0.2, 0.25) is 5.91 Å². The second-order valence-corrected chi connectivity index (χ2v) is 3.28. The summed E-state index contributed by atoms with van der Waals surface area (Å²) in [7, 11) is 0. The van der Waals surface area contributed by atoms with Crippen LogP contribution in [0.15, 0.2) is 0 Å². The van der Waals surface area contributed by atoms with E-state index in [-0.39, 0.29) is 5.91 Å². The molecule has 0 fully saturated rings. The topological polar surface area (TPSA) is 46.3 Å². The van der Waals surface area contributed by atoms with Crippen LogP contribution in [0.2, 0.25) is 0 Å². The molecule has 0 radical (unpaired) electrons. The summed E-state index contributed by atoms with van der Waals surface area (Å²) in [6.45, 7) is 9.92. The van der Waals surface area contributed by atoms with Gasteiger partial charge in [-0.15, -0.1) is 0 Å². The van der Waals surface area contributed by atoms with E-state index in [0.717, 1.165) is 25.9 Å². The molecule has 0 bridgehead atoms. The first-order chi connectivity index (χ1) is 6.08. The fraction of sp³-hybridized carbons (Fsp3) is 0.900. The monoisotopic (exact) mass is 186 g/mol. The van der Waals surface area contributed by atoms with E-state index in [1.54, 1.807) is 0 Å². The summed E-state index contributed by atoms with van der Waals surface area (Å²) in [6.07, 6.45) is 1.58. The van der Waals surface area contributed by atoms with E-state index in [1.807, 2.05) is 13.8 Å². The predicted octanol–water partition coefficient (Wildman–Crippen LogP) is 1.37. The lowest BCUT2D eigenvalue weighted by molar-refractivity contribution is -0.130. The van der Waals surface area contributed by atoms with Gasteiger partial charge in [0.25, 0.3) is 0 Å². The van der Waals surface area contributed by atoms with Crippen LogP contribution in [0.25, 0.3) is 0 Å². The standard InChI is InChI=1S/C10H22N2O/c1-5-10(6-2,9(11)13)12(7-3)8-4/h5-8H2,1-4H3,(H2,11,13). The van der Waals surface area contributed by atoms with Crippen molar-refractivity contribution < 1.29 is 4.79 Å². The Morgan fingerprint density at radius 3 is 1.62 bits per heavy atom. The van der Waals surface area contributed by atoms with Crippen LogP contribution in [0.3, 0.4) is 0 Å². The van der Waals surface area contributed by atoms with Gasteiger partial charge < -0.3 is 5.73 Å². The third kappa shape index (κ3) is 2.21. The van der Waals surface area contributed by atoms with Gasteiger partial charge in [-0.2, -0.15) is 0 Å². The largest absolute Gasteiger partial charge is 0.368 e. The minimum Gasteiger partial charge on any atom is -0.368 e. The van der Waals surface area contributed by atoms with Gasteiger partial charge in [-0.25, -0.2) is 0 Å². The molecule has 0 unspecified atom stereocenters. The number of nitrogens with zero attached hydrogens (tertiary/aromatic N) is 1. The average molecular weight is 186 g/mol. The van der Waals surface area contributed by atoms with E-state index in [1.165, 1.54) is 0 Å². The Balaban J connectivity index is 4.82. The zero-order valence-corrected chi connectivity index (χ0v) is 9.26. The van der Waals surface area contributed by atoms with Crippen molar-refractivity contribution in [3.63, 3.8) is 0 Å². The molecule has 0 aromatic rings. The molecule has 0 atom stereocenters. The first-order valence-electron chi connectivity index (χ1n) is 5.13. The molecule has 1 amide bonds. The molecular formula is C10H22N2O. The van der Waals surface area contributed by atoms with Gasteiger partial charge in [0, 0.05) is 0 Å². The molecule has 2 N–H and O–H groups in total. The Kier molecular flexibility index (Phi) is 4.99. The third-order valence-electron chi connectivity index (χ3n) is 3.00. The first-order valence-corrected chi connectivity index (χ1v) is 5.13. The zero-order valence-electron chi connectivity index (χ0n) is 9.26. The summed E-state index contributed by atoms with van der Waals surface area (Å²) in [5.41, 5.74) is 5.04. The first kappa shape index (κ1) is 12.4. The van der Waals surface area contributed by atoms with Crippen molar-refractivity contribution in [3.05, 3.63) is 0 Å². The lowest BCUT2D eigenvalue weighted by atomic mass is 9.89. The predicted molar refractivity (Wildman–Crippen MR) is 55.4 cm³/mol. The Bertz CT molecular complexity index is 160. The summed E-state index contributed by atoms with van der Waals surface area (Å²) in [6, 6.07) is 0. The summed E-state index contributed by atoms with van der Waals surface area (Å²) >= 11 is 0. The lowest BCUT2D eigenvalue weighted by Crippen LogP contribution is -2.56. The summed E-state index contributed by atoms with van der Waals surface area (Å²) in [5, 5.41) is 0. The average Bonchev–Trinajstić information content (AvgIpc) is 2.13. The normalized spacial score (nSPS) is 12.1. The third-order valence-corrected chi connectivity index (χ3v) is 3.00. The number of hydrogen-bond donors (Lipinski definition) is 1. The van der Waals surface area contributed by atoms with Crippen LogP contribution in [-0.2, 0) is 4.79 Å². The molecule has 13 heavy (non-hydrogen) atoms. The highest BCUT2D eigenvalue weighted by molar-refractivity contribution is 5.84. The summed E-state index contributed by atoms with van der Waals surface area (Å²) in [4.78, 5) is 13.6. The molecule has 0 aromatic carbocycles. The Labute approximate surface area is 81.3 Å². The number of nitrogens with two attached hydrogens (primary N) is 1. The van der Waals surface area contributed by atoms with Crippen molar-refractivity contribution in [1.29, 1.82) is 0 Å². The quantitative estimate of drug-likeness (QED) is 0.681. The van der Waals surface area contributed by atoms with E-state index in [2.05, 4.69) is 18.7 Å². The number of carbonyl (C=O) groups is 1. The molecule has 78 valence electrons. The molecule has 0 saturated heterocycles. The van der Waals surface area contributed by atoms with Crippen molar-refractivity contribution in [3.8, 4) is 0 Å². The van der Waals surface area contributed by atoms with Crippen molar-refractivity contribution in [2.45, 2.75) is 46.1 Å². The lowest BCUT2D eigenvalue weighted by Gasteiger charge is -2.39. The van der Waals surface area contributed by atoms with E-state index < -0.39 is 5.54 Å². The number of rotatable bonds is 6. The van der Waals surface area contributed by atoms with Crippen molar-refractivity contribution in [2.24, 2.45) is 5.73 Å². The molecule has 0 spiro atoms. The molecular weight excluding hydrogens is 164 g/mol. The van der Waals surface area contributed by atoms with Crippen molar-refractivity contribution >= 4 is 5.91 Å². The number of carbonyl (C=O) groups excluding carboxylic acids is 1. The van der Waals surface area contributed by atoms with E-state index in [9.17, 15) is 4.79 Å². The fourth-order valence-corrected chi connectivity index (χ4v) is 2.03. The van der Waals surface area contributed by atoms with Crippen LogP contribution >= 0.6 is 0 Å². The minimum atomic E-state index is -0.427. The maximum absolute atomic E-state index is 11.4. The summed E-state index contributed by atoms with van der Waals surface area (Å²) < 4.78 is 0. The number of primary amides is 1. The van der Waals surface area contributed by atoms with E-state index >= 15 is 0 Å². The number of amides is 1. The van der Waals surface area contributed by atoms with Crippen LogP contribution in [0.1, 0.15) is 40.5 Å². The van der Waals surface area contributed by atoms with Gasteiger partial charge in [-0.05, 0) is 25.9 Å². The van der Waals surface area contributed by atoms with Crippen LogP contribution in [0.5, 0.6) is 0 Å². The Morgan fingerprint density at radius 1 is 1.15 bits per heavy atom. The molecule has 0 saturated carbocycles. The van der Waals surface area contributed by atoms with Crippen molar-refractivity contribution in [2.75, 3.05) is 13.1 Å². The van der Waals surface area contributed by atoms with Gasteiger partial charge >= 0.3 is 0 Å². The highest BCUT2D eigenvalue weighted by Crippen LogP contribution is 2.23. The number of likely N-dealkylation sites (N-methyl/N-ethyl adjacent to an activating group) is 1. The second kappa shape index (κ2) is 5.22. The highest BCUT2D eigenvalue weighted by atomic mass is 16.1. The van der Waals surface area contributed by atoms with Crippen LogP contribution in [0.4, 0.5) is 0 Å². The maximum atomic E-state index is 11.4. The van der Waals surface area contributed by atoms with Gasteiger partial charge in [0.05, 0.1) is 5.54 Å². The Morgan fingerprint density at radius 2 is 1.54 bits per heavy atom. The van der Waals surface area contributed by atoms with Crippen LogP contribution in [-0.4, -0.2) is 29.4 Å². The molecule has 3 heteroatoms. The Hall–Kier alpha value is -0.570. The van der Waals surface area contributed by atoms with E-state index in [4.69, 9.17) is 5.73 Å². The molecule has 0 aliphatic rings. The van der Waals surface area contributed by atoms with Gasteiger partial charge in [0.1, 0.15) is 0 Å². The SMILES string of the molecule is CCN(CC)C(CC)(CC)C(N)=O. The van der Waals surface area contributed by atoms with Gasteiger partial charge in [-0.3, -0.25) is 9.69 Å². The van der Waals surface area contributed by atoms with Crippen molar-refractivity contribution in [1.82, 2.24) is 4.90 Å². The molecule has 0 aliphatic heterocycles. The van der Waals surface area contributed by atoms with Crippen LogP contribution in [0, 0.1) is 0 Å². The summed E-state index contributed by atoms with van der Waals surface area (Å²) in [5.74, 6) is -0.193. The smallest absolute Gasteiger partial charge is 0.237 e. The second-order valence-electron chi connectivity index (χ2n) is 3.28.